The highest BCUT2D eigenvalue weighted by atomic mass is 35.5. The lowest BCUT2D eigenvalue weighted by atomic mass is 10.2. The molecule has 1 aromatic carbocycles. The van der Waals surface area contributed by atoms with E-state index in [9.17, 15) is 5.11 Å². The molecule has 0 fully saturated rings. The van der Waals surface area contributed by atoms with Crippen LogP contribution in [0.3, 0.4) is 0 Å². The SMILES string of the molecule is Cn1cc(CCOc2cccc(Cl)c2CO)cn1. The minimum absolute atomic E-state index is 0.123. The molecule has 0 amide bonds. The van der Waals surface area contributed by atoms with E-state index in [-0.39, 0.29) is 6.61 Å². The smallest absolute Gasteiger partial charge is 0.126 e. The second-order valence-electron chi connectivity index (χ2n) is 4.00. The number of aryl methyl sites for hydroxylation is 1. The van der Waals surface area contributed by atoms with Crippen LogP contribution in [0.25, 0.3) is 0 Å². The van der Waals surface area contributed by atoms with Gasteiger partial charge in [0.05, 0.1) is 19.4 Å². The summed E-state index contributed by atoms with van der Waals surface area (Å²) in [6.45, 7) is 0.404. The molecule has 4 nitrogen and oxygen atoms in total. The first-order valence-electron chi connectivity index (χ1n) is 5.69. The molecule has 1 aromatic heterocycles. The zero-order valence-corrected chi connectivity index (χ0v) is 10.9. The molecule has 0 aliphatic rings. The van der Waals surface area contributed by atoms with Crippen LogP contribution in [-0.4, -0.2) is 21.5 Å². The van der Waals surface area contributed by atoms with Crippen LogP contribution < -0.4 is 4.74 Å². The fourth-order valence-electron chi connectivity index (χ4n) is 1.71. The maximum absolute atomic E-state index is 9.24. The first-order valence-corrected chi connectivity index (χ1v) is 6.07. The normalized spacial score (nSPS) is 10.6. The highest BCUT2D eigenvalue weighted by Crippen LogP contribution is 2.26. The summed E-state index contributed by atoms with van der Waals surface area (Å²) >= 11 is 5.98. The third-order valence-electron chi connectivity index (χ3n) is 2.64. The number of aliphatic hydroxyl groups is 1. The molecule has 96 valence electrons. The van der Waals surface area contributed by atoms with Gasteiger partial charge in [0.15, 0.2) is 0 Å². The number of halogens is 1. The second-order valence-corrected chi connectivity index (χ2v) is 4.40. The van der Waals surface area contributed by atoms with Crippen LogP contribution in [-0.2, 0) is 20.1 Å². The molecular weight excluding hydrogens is 252 g/mol. The van der Waals surface area contributed by atoms with Gasteiger partial charge >= 0.3 is 0 Å². The third-order valence-corrected chi connectivity index (χ3v) is 2.99. The van der Waals surface area contributed by atoms with Crippen LogP contribution in [0.2, 0.25) is 5.02 Å². The van der Waals surface area contributed by atoms with Crippen molar-refractivity contribution in [1.82, 2.24) is 9.78 Å². The maximum atomic E-state index is 9.24. The molecule has 0 radical (unpaired) electrons. The van der Waals surface area contributed by atoms with E-state index in [0.717, 1.165) is 12.0 Å². The van der Waals surface area contributed by atoms with Crippen molar-refractivity contribution in [2.24, 2.45) is 7.05 Å². The van der Waals surface area contributed by atoms with Crippen molar-refractivity contribution in [1.29, 1.82) is 0 Å². The van der Waals surface area contributed by atoms with Crippen LogP contribution in [0.4, 0.5) is 0 Å². The van der Waals surface area contributed by atoms with E-state index in [2.05, 4.69) is 5.10 Å². The Morgan fingerprint density at radius 2 is 2.28 bits per heavy atom. The van der Waals surface area contributed by atoms with Gasteiger partial charge in [0, 0.05) is 30.3 Å². The number of hydrogen-bond acceptors (Lipinski definition) is 3. The van der Waals surface area contributed by atoms with Crippen LogP contribution in [0.15, 0.2) is 30.6 Å². The van der Waals surface area contributed by atoms with E-state index in [1.165, 1.54) is 0 Å². The summed E-state index contributed by atoms with van der Waals surface area (Å²) in [5, 5.41) is 13.9. The van der Waals surface area contributed by atoms with Crippen molar-refractivity contribution in [2.45, 2.75) is 13.0 Å². The lowest BCUT2D eigenvalue weighted by Gasteiger charge is -2.10. The van der Waals surface area contributed by atoms with E-state index in [4.69, 9.17) is 16.3 Å². The maximum Gasteiger partial charge on any atom is 0.126 e. The van der Waals surface area contributed by atoms with Gasteiger partial charge in [-0.05, 0) is 17.7 Å². The average molecular weight is 267 g/mol. The van der Waals surface area contributed by atoms with E-state index in [1.54, 1.807) is 22.9 Å². The molecule has 5 heteroatoms. The van der Waals surface area contributed by atoms with Crippen molar-refractivity contribution in [3.8, 4) is 5.75 Å². The van der Waals surface area contributed by atoms with Gasteiger partial charge in [0.1, 0.15) is 5.75 Å². The number of aliphatic hydroxyl groups excluding tert-OH is 1. The minimum Gasteiger partial charge on any atom is -0.493 e. The van der Waals surface area contributed by atoms with Gasteiger partial charge in [0.25, 0.3) is 0 Å². The summed E-state index contributed by atoms with van der Waals surface area (Å²) in [4.78, 5) is 0. The predicted molar refractivity (Wildman–Crippen MR) is 69.8 cm³/mol. The second kappa shape index (κ2) is 5.89. The average Bonchev–Trinajstić information content (AvgIpc) is 2.75. The molecular formula is C13H15ClN2O2. The van der Waals surface area contributed by atoms with Gasteiger partial charge in [-0.2, -0.15) is 5.10 Å². The van der Waals surface area contributed by atoms with E-state index >= 15 is 0 Å². The third kappa shape index (κ3) is 3.03. The molecule has 0 spiro atoms. The van der Waals surface area contributed by atoms with E-state index in [0.29, 0.717) is 22.9 Å². The van der Waals surface area contributed by atoms with Crippen molar-refractivity contribution in [3.05, 3.63) is 46.7 Å². The van der Waals surface area contributed by atoms with Gasteiger partial charge in [0.2, 0.25) is 0 Å². The lowest BCUT2D eigenvalue weighted by Crippen LogP contribution is -2.03. The monoisotopic (exact) mass is 266 g/mol. The topological polar surface area (TPSA) is 47.3 Å². The summed E-state index contributed by atoms with van der Waals surface area (Å²) in [6.07, 6.45) is 4.54. The Kier molecular flexibility index (Phi) is 4.23. The van der Waals surface area contributed by atoms with Crippen LogP contribution in [0.5, 0.6) is 5.75 Å². The largest absolute Gasteiger partial charge is 0.493 e. The van der Waals surface area contributed by atoms with Gasteiger partial charge in [-0.25, -0.2) is 0 Å². The molecule has 18 heavy (non-hydrogen) atoms. The number of hydrogen-bond donors (Lipinski definition) is 1. The zero-order valence-electron chi connectivity index (χ0n) is 10.1. The molecule has 2 aromatic rings. The lowest BCUT2D eigenvalue weighted by molar-refractivity contribution is 0.264. The molecule has 0 aliphatic carbocycles. The fourth-order valence-corrected chi connectivity index (χ4v) is 1.93. The van der Waals surface area contributed by atoms with Gasteiger partial charge < -0.3 is 9.84 Å². The Bertz CT molecular complexity index is 525. The summed E-state index contributed by atoms with van der Waals surface area (Å²) in [5.41, 5.74) is 1.75. The fraction of sp³-hybridized carbons (Fsp3) is 0.308. The molecule has 0 bridgehead atoms. The number of aromatic nitrogens is 2. The van der Waals surface area contributed by atoms with Crippen LogP contribution in [0.1, 0.15) is 11.1 Å². The van der Waals surface area contributed by atoms with Gasteiger partial charge in [-0.1, -0.05) is 17.7 Å². The van der Waals surface area contributed by atoms with E-state index < -0.39 is 0 Å². The Hall–Kier alpha value is -1.52. The Labute approximate surface area is 111 Å². The first-order chi connectivity index (χ1) is 8.70. The standard InChI is InChI=1S/C13H15ClN2O2/c1-16-8-10(7-15-16)5-6-18-13-4-2-3-12(14)11(13)9-17/h2-4,7-8,17H,5-6,9H2,1H3. The molecule has 1 N–H and O–H groups in total. The van der Waals surface area contributed by atoms with Crippen LogP contribution in [0, 0.1) is 0 Å². The van der Waals surface area contributed by atoms with Crippen LogP contribution >= 0.6 is 11.6 Å². The Morgan fingerprint density at radius 3 is 2.94 bits per heavy atom. The molecule has 2 rings (SSSR count). The number of rotatable bonds is 5. The summed E-state index contributed by atoms with van der Waals surface area (Å²) < 4.78 is 7.40. The minimum atomic E-state index is -0.123. The molecule has 0 aliphatic heterocycles. The number of benzene rings is 1. The summed E-state index contributed by atoms with van der Waals surface area (Å²) in [6, 6.07) is 5.35. The van der Waals surface area contributed by atoms with Crippen molar-refractivity contribution in [3.63, 3.8) is 0 Å². The van der Waals surface area contributed by atoms with Crippen molar-refractivity contribution in [2.75, 3.05) is 6.61 Å². The highest BCUT2D eigenvalue weighted by Gasteiger charge is 2.07. The summed E-state index contributed by atoms with van der Waals surface area (Å²) in [7, 11) is 1.88. The molecule has 0 saturated carbocycles. The molecule has 1 heterocycles. The molecule has 0 saturated heterocycles. The highest BCUT2D eigenvalue weighted by molar-refractivity contribution is 6.31. The van der Waals surface area contributed by atoms with Crippen molar-refractivity contribution < 1.29 is 9.84 Å². The number of ether oxygens (including phenoxy) is 1. The quantitative estimate of drug-likeness (QED) is 0.902. The Morgan fingerprint density at radius 1 is 1.44 bits per heavy atom. The van der Waals surface area contributed by atoms with Gasteiger partial charge in [-0.15, -0.1) is 0 Å². The Balaban J connectivity index is 1.96. The molecule has 0 unspecified atom stereocenters. The van der Waals surface area contributed by atoms with E-state index in [1.807, 2.05) is 19.4 Å². The van der Waals surface area contributed by atoms with Gasteiger partial charge in [-0.3, -0.25) is 4.68 Å². The zero-order chi connectivity index (χ0) is 13.0. The predicted octanol–water partition coefficient (Wildman–Crippen LogP) is 2.19. The molecule has 0 atom stereocenters. The first kappa shape index (κ1) is 12.9. The number of nitrogens with zero attached hydrogens (tertiary/aromatic N) is 2. The summed E-state index contributed by atoms with van der Waals surface area (Å²) in [5.74, 6) is 0.633. The van der Waals surface area contributed by atoms with Crippen molar-refractivity contribution >= 4 is 11.6 Å².